The zero-order valence-electron chi connectivity index (χ0n) is 18.0. The maximum absolute atomic E-state index is 12.7. The second-order valence-corrected chi connectivity index (χ2v) is 7.50. The highest BCUT2D eigenvalue weighted by molar-refractivity contribution is 5.74. The molecule has 0 spiro atoms. The monoisotopic (exact) mass is 484 g/mol. The van der Waals surface area contributed by atoms with Gasteiger partial charge in [0.05, 0.1) is 25.3 Å². The first kappa shape index (κ1) is 29.2. The van der Waals surface area contributed by atoms with E-state index in [9.17, 15) is 34.8 Å². The number of aliphatic hydroxyl groups is 5. The fourth-order valence-electron chi connectivity index (χ4n) is 3.02. The highest BCUT2D eigenvalue weighted by Gasteiger charge is 2.48. The molecule has 11 atom stereocenters. The summed E-state index contributed by atoms with van der Waals surface area (Å²) in [6.45, 7) is 0.685. The van der Waals surface area contributed by atoms with Crippen LogP contribution in [0.25, 0.3) is 0 Å². The molecule has 1 unspecified atom stereocenters. The molecule has 10 N–H and O–H groups in total. The Kier molecular flexibility index (Phi) is 11.7. The second kappa shape index (κ2) is 13.2. The second-order valence-electron chi connectivity index (χ2n) is 7.50. The molecule has 33 heavy (non-hydrogen) atoms. The Morgan fingerprint density at radius 3 is 2.24 bits per heavy atom. The molecule has 1 aliphatic rings. The van der Waals surface area contributed by atoms with E-state index in [2.05, 4.69) is 0 Å². The first-order valence-electron chi connectivity index (χ1n) is 10.0. The molecule has 1 heterocycles. The number of hydrogen-bond acceptors (Lipinski definition) is 14. The Balaban J connectivity index is 3.05. The van der Waals surface area contributed by atoms with Crippen LogP contribution < -0.4 is 11.5 Å². The third kappa shape index (κ3) is 7.61. The molecule has 1 rings (SSSR count). The molecular formula is C18H32N2O13. The van der Waals surface area contributed by atoms with E-state index in [0.717, 1.165) is 6.92 Å². The predicted molar refractivity (Wildman–Crippen MR) is 105 cm³/mol. The molecule has 1 saturated heterocycles. The van der Waals surface area contributed by atoms with Crippen molar-refractivity contribution < 1.29 is 64.0 Å². The van der Waals surface area contributed by atoms with E-state index in [-0.39, 0.29) is 6.29 Å². The lowest BCUT2D eigenvalue weighted by atomic mass is 9.97. The van der Waals surface area contributed by atoms with Crippen molar-refractivity contribution in [1.82, 2.24) is 0 Å². The highest BCUT2D eigenvalue weighted by Crippen LogP contribution is 2.26. The third-order valence-electron chi connectivity index (χ3n) is 5.00. The molecule has 15 nitrogen and oxygen atoms in total. The van der Waals surface area contributed by atoms with Crippen LogP contribution in [-0.4, -0.2) is 129 Å². The maximum Gasteiger partial charge on any atom is 0.335 e. The van der Waals surface area contributed by atoms with Gasteiger partial charge in [0, 0.05) is 0 Å². The highest BCUT2D eigenvalue weighted by atomic mass is 16.7. The van der Waals surface area contributed by atoms with E-state index in [4.69, 9.17) is 40.6 Å². The van der Waals surface area contributed by atoms with Gasteiger partial charge in [-0.05, 0) is 13.8 Å². The van der Waals surface area contributed by atoms with Crippen molar-refractivity contribution in [1.29, 1.82) is 0 Å². The summed E-state index contributed by atoms with van der Waals surface area (Å²) in [5, 5.41) is 57.3. The van der Waals surface area contributed by atoms with Crippen LogP contribution in [0.4, 0.5) is 0 Å². The number of carboxylic acids is 1. The average Bonchev–Trinajstić information content (AvgIpc) is 2.79. The zero-order valence-corrected chi connectivity index (χ0v) is 18.0. The number of rotatable bonds is 13. The van der Waals surface area contributed by atoms with E-state index < -0.39 is 92.4 Å². The van der Waals surface area contributed by atoms with Crippen LogP contribution in [0.1, 0.15) is 13.8 Å². The minimum Gasteiger partial charge on any atom is -0.479 e. The standard InChI is InChI=1S/C18H32N2O13/c1-6(16(26)27)30-15-11(20)18(29)32-10(5-23)14(15)33-17(28)7(2)31-13(8(19)3-21)12(25)9(24)4-22/h3,6-15,18,22-25,29H,4-5,19-20H2,1-2H3,(H,26,27)/t6?,7-,8+,9-,10-,11-,12-,13-,14-,15-,18+/m1/s1. The Morgan fingerprint density at radius 1 is 1.15 bits per heavy atom. The lowest BCUT2D eigenvalue weighted by Gasteiger charge is -2.43. The number of hydrogen-bond donors (Lipinski definition) is 8. The van der Waals surface area contributed by atoms with Gasteiger partial charge in [-0.2, -0.15) is 0 Å². The molecule has 1 aliphatic heterocycles. The maximum atomic E-state index is 12.7. The van der Waals surface area contributed by atoms with Crippen molar-refractivity contribution in [2.24, 2.45) is 11.5 Å². The lowest BCUT2D eigenvalue weighted by Crippen LogP contribution is -2.65. The van der Waals surface area contributed by atoms with Gasteiger partial charge in [-0.15, -0.1) is 0 Å². The minimum absolute atomic E-state index is 0.199. The number of aliphatic hydroxyl groups excluding tert-OH is 5. The molecule has 0 saturated carbocycles. The summed E-state index contributed by atoms with van der Waals surface area (Å²) < 4.78 is 21.0. The van der Waals surface area contributed by atoms with Crippen LogP contribution in [0, 0.1) is 0 Å². The molecule has 0 aliphatic carbocycles. The van der Waals surface area contributed by atoms with E-state index >= 15 is 0 Å². The largest absolute Gasteiger partial charge is 0.479 e. The molecule has 15 heteroatoms. The van der Waals surface area contributed by atoms with Gasteiger partial charge in [0.2, 0.25) is 0 Å². The van der Waals surface area contributed by atoms with Gasteiger partial charge < -0.3 is 65.8 Å². The number of ether oxygens (including phenoxy) is 4. The minimum atomic E-state index is -1.84. The first-order chi connectivity index (χ1) is 15.4. The summed E-state index contributed by atoms with van der Waals surface area (Å²) in [5.41, 5.74) is 11.4. The number of esters is 1. The summed E-state index contributed by atoms with van der Waals surface area (Å²) in [7, 11) is 0. The van der Waals surface area contributed by atoms with E-state index in [1.165, 1.54) is 6.92 Å². The smallest absolute Gasteiger partial charge is 0.335 e. The van der Waals surface area contributed by atoms with Gasteiger partial charge in [0.15, 0.2) is 24.6 Å². The molecule has 1 fully saturated rings. The number of aldehydes is 1. The topological polar surface area (TPSA) is 262 Å². The van der Waals surface area contributed by atoms with Crippen molar-refractivity contribution in [3.05, 3.63) is 0 Å². The van der Waals surface area contributed by atoms with Crippen molar-refractivity contribution in [2.75, 3.05) is 13.2 Å². The van der Waals surface area contributed by atoms with Crippen molar-refractivity contribution in [3.63, 3.8) is 0 Å². The zero-order chi connectivity index (χ0) is 25.5. The van der Waals surface area contributed by atoms with Crippen LogP contribution in [0.3, 0.4) is 0 Å². The summed E-state index contributed by atoms with van der Waals surface area (Å²) in [6, 6.07) is -2.85. The molecule has 0 aromatic rings. The Bertz CT molecular complexity index is 653. The van der Waals surface area contributed by atoms with Crippen molar-refractivity contribution in [3.8, 4) is 0 Å². The lowest BCUT2D eigenvalue weighted by molar-refractivity contribution is -0.270. The molecular weight excluding hydrogens is 452 g/mol. The Hall–Kier alpha value is -1.79. The molecule has 0 radical (unpaired) electrons. The molecule has 192 valence electrons. The summed E-state index contributed by atoms with van der Waals surface area (Å²) >= 11 is 0. The normalized spacial score (nSPS) is 31.0. The quantitative estimate of drug-likeness (QED) is 0.0897. The SMILES string of the molecule is CC(O[C@@H]1[C@@H](N)[C@@H](O)O[C@H](CO)[C@H]1OC(=O)[C@@H](C)O[C@@H]([C@H](O)[C@H](O)CO)[C@@H](N)C=O)C(=O)O. The fourth-order valence-corrected chi connectivity index (χ4v) is 3.02. The Labute approximate surface area is 188 Å². The third-order valence-corrected chi connectivity index (χ3v) is 5.00. The Morgan fingerprint density at radius 2 is 1.76 bits per heavy atom. The predicted octanol–water partition coefficient (Wildman–Crippen LogP) is -5.19. The molecule has 0 aromatic carbocycles. The number of carbonyl (C=O) groups is 3. The molecule has 0 aromatic heterocycles. The van der Waals surface area contributed by atoms with Gasteiger partial charge in [0.25, 0.3) is 0 Å². The average molecular weight is 484 g/mol. The van der Waals surface area contributed by atoms with Gasteiger partial charge in [-0.3, -0.25) is 0 Å². The van der Waals surface area contributed by atoms with Crippen LogP contribution in [0.5, 0.6) is 0 Å². The van der Waals surface area contributed by atoms with E-state index in [1.807, 2.05) is 0 Å². The first-order valence-corrected chi connectivity index (χ1v) is 10.0. The summed E-state index contributed by atoms with van der Waals surface area (Å²) in [4.78, 5) is 34.9. The van der Waals surface area contributed by atoms with Crippen LogP contribution >= 0.6 is 0 Å². The van der Waals surface area contributed by atoms with Crippen molar-refractivity contribution in [2.45, 2.75) is 81.1 Å². The number of nitrogens with two attached hydrogens (primary N) is 2. The number of carbonyl (C=O) groups excluding carboxylic acids is 2. The molecule has 0 amide bonds. The summed E-state index contributed by atoms with van der Waals surface area (Å²) in [6.07, 6.45) is -13.9. The van der Waals surface area contributed by atoms with Crippen molar-refractivity contribution >= 4 is 18.2 Å². The van der Waals surface area contributed by atoms with Crippen LogP contribution in [-0.2, 0) is 33.3 Å². The number of carboxylic acid groups (broad SMARTS) is 1. The van der Waals surface area contributed by atoms with Gasteiger partial charge in [-0.1, -0.05) is 0 Å². The fraction of sp³-hybridized carbons (Fsp3) is 0.833. The van der Waals surface area contributed by atoms with Gasteiger partial charge >= 0.3 is 11.9 Å². The van der Waals surface area contributed by atoms with E-state index in [0.29, 0.717) is 0 Å². The summed E-state index contributed by atoms with van der Waals surface area (Å²) in [5.74, 6) is -2.51. The van der Waals surface area contributed by atoms with Gasteiger partial charge in [0.1, 0.15) is 36.8 Å². The molecule has 0 bridgehead atoms. The van der Waals surface area contributed by atoms with Crippen LogP contribution in [0.15, 0.2) is 0 Å². The number of aliphatic carboxylic acids is 1. The van der Waals surface area contributed by atoms with E-state index in [1.54, 1.807) is 0 Å². The van der Waals surface area contributed by atoms with Gasteiger partial charge in [-0.25, -0.2) is 9.59 Å². The van der Waals surface area contributed by atoms with Crippen LogP contribution in [0.2, 0.25) is 0 Å².